The molecule has 0 aromatic heterocycles. The fourth-order valence-electron chi connectivity index (χ4n) is 3.11. The number of esters is 1. The van der Waals surface area contributed by atoms with Crippen LogP contribution >= 0.6 is 0 Å². The zero-order valence-corrected chi connectivity index (χ0v) is 16.2. The van der Waals surface area contributed by atoms with Crippen molar-refractivity contribution in [3.05, 3.63) is 76.4 Å². The maximum atomic E-state index is 13.3. The van der Waals surface area contributed by atoms with E-state index in [-0.39, 0.29) is 17.7 Å². The van der Waals surface area contributed by atoms with Gasteiger partial charge in [0.25, 0.3) is 11.8 Å². The third-order valence-electron chi connectivity index (χ3n) is 4.54. The van der Waals surface area contributed by atoms with E-state index in [1.165, 1.54) is 31.2 Å². The quantitative estimate of drug-likeness (QED) is 0.230. The topological polar surface area (TPSA) is 80.8 Å². The molecule has 0 N–H and O–H groups in total. The Morgan fingerprint density at radius 2 is 1.52 bits per heavy atom. The Morgan fingerprint density at radius 3 is 2.06 bits per heavy atom. The van der Waals surface area contributed by atoms with Crippen molar-refractivity contribution < 1.29 is 37.1 Å². The Balaban J connectivity index is 1.97. The third-order valence-corrected chi connectivity index (χ3v) is 4.54. The Hall–Kier alpha value is -3.75. The summed E-state index contributed by atoms with van der Waals surface area (Å²) in [6.45, 7) is 0.524. The molecule has 2 aromatic carbocycles. The van der Waals surface area contributed by atoms with E-state index in [0.29, 0.717) is 4.90 Å². The van der Waals surface area contributed by atoms with Crippen LogP contribution in [0.1, 0.15) is 38.8 Å². The maximum absolute atomic E-state index is 13.3. The van der Waals surface area contributed by atoms with E-state index in [2.05, 4.69) is 0 Å². The van der Waals surface area contributed by atoms with Crippen LogP contribution in [0.5, 0.6) is 0 Å². The van der Waals surface area contributed by atoms with Gasteiger partial charge in [-0.05, 0) is 36.8 Å². The van der Waals surface area contributed by atoms with Gasteiger partial charge in [-0.1, -0.05) is 30.3 Å². The van der Waals surface area contributed by atoms with Gasteiger partial charge < -0.3 is 4.74 Å². The first-order valence-corrected chi connectivity index (χ1v) is 9.18. The number of ether oxygens (including phenoxy) is 1. The Morgan fingerprint density at radius 1 is 0.968 bits per heavy atom. The molecule has 3 rings (SSSR count). The number of amides is 2. The van der Waals surface area contributed by atoms with Gasteiger partial charge in [0, 0.05) is 0 Å². The molecule has 0 unspecified atom stereocenters. The number of nitrogens with zero attached hydrogens (tertiary/aromatic N) is 1. The molecule has 2 aromatic rings. The van der Waals surface area contributed by atoms with E-state index in [0.717, 1.165) is 18.2 Å². The van der Waals surface area contributed by atoms with Crippen molar-refractivity contribution in [1.82, 2.24) is 4.90 Å². The lowest BCUT2D eigenvalue weighted by atomic mass is 10.0. The molecule has 1 aliphatic heterocycles. The Kier molecular flexibility index (Phi) is 6.05. The Bertz CT molecular complexity index is 1070. The van der Waals surface area contributed by atoms with Gasteiger partial charge in [0.2, 0.25) is 0 Å². The average Bonchev–Trinajstić information content (AvgIpc) is 2.96. The van der Waals surface area contributed by atoms with Gasteiger partial charge >= 0.3 is 12.1 Å². The first kappa shape index (κ1) is 21.9. The highest BCUT2D eigenvalue weighted by atomic mass is 19.4. The highest BCUT2D eigenvalue weighted by Crippen LogP contribution is 2.33. The van der Waals surface area contributed by atoms with Crippen molar-refractivity contribution in [1.29, 1.82) is 0 Å². The summed E-state index contributed by atoms with van der Waals surface area (Å²) in [6.07, 6.45) is -3.96. The van der Waals surface area contributed by atoms with Gasteiger partial charge in [-0.2, -0.15) is 13.2 Å². The summed E-state index contributed by atoms with van der Waals surface area (Å²) in [4.78, 5) is 50.7. The van der Waals surface area contributed by atoms with Crippen molar-refractivity contribution in [3.8, 4) is 0 Å². The largest absolute Gasteiger partial charge is 0.462 e. The summed E-state index contributed by atoms with van der Waals surface area (Å²) >= 11 is 0. The zero-order chi connectivity index (χ0) is 22.8. The van der Waals surface area contributed by atoms with Gasteiger partial charge in [-0.3, -0.25) is 19.3 Å². The second kappa shape index (κ2) is 8.55. The lowest BCUT2D eigenvalue weighted by molar-refractivity contribution is -0.140. The van der Waals surface area contributed by atoms with Crippen LogP contribution in [0.25, 0.3) is 6.08 Å². The number of carbonyl (C=O) groups is 4. The van der Waals surface area contributed by atoms with Gasteiger partial charge in [-0.15, -0.1) is 0 Å². The number of benzene rings is 2. The monoisotopic (exact) mass is 431 g/mol. The number of hydrogen-bond donors (Lipinski definition) is 0. The molecule has 1 aliphatic rings. The molecular weight excluding hydrogens is 415 g/mol. The normalized spacial score (nSPS) is 13.9. The van der Waals surface area contributed by atoms with E-state index in [1.807, 2.05) is 0 Å². The molecular formula is C22H16F3NO5. The Labute approximate surface area is 174 Å². The summed E-state index contributed by atoms with van der Waals surface area (Å²) in [5.41, 5.74) is -1.97. The van der Waals surface area contributed by atoms with Gasteiger partial charge in [-0.25, -0.2) is 4.79 Å². The number of halogens is 3. The number of carbonyl (C=O) groups excluding carboxylic acids is 4. The van der Waals surface area contributed by atoms with E-state index in [4.69, 9.17) is 4.74 Å². The molecule has 9 heteroatoms. The first-order chi connectivity index (χ1) is 14.6. The molecule has 0 saturated carbocycles. The lowest BCUT2D eigenvalue weighted by Crippen LogP contribution is -2.36. The molecule has 0 spiro atoms. The molecule has 0 radical (unpaired) electrons. The lowest BCUT2D eigenvalue weighted by Gasteiger charge is -2.15. The highest BCUT2D eigenvalue weighted by Gasteiger charge is 2.38. The van der Waals surface area contributed by atoms with E-state index in [9.17, 15) is 32.3 Å². The minimum atomic E-state index is -4.72. The van der Waals surface area contributed by atoms with Crippen molar-refractivity contribution in [3.63, 3.8) is 0 Å². The van der Waals surface area contributed by atoms with Crippen LogP contribution < -0.4 is 0 Å². The number of alkyl halides is 3. The predicted molar refractivity (Wildman–Crippen MR) is 103 cm³/mol. The molecule has 2 amide bonds. The van der Waals surface area contributed by atoms with Gasteiger partial charge in [0.15, 0.2) is 5.78 Å². The summed E-state index contributed by atoms with van der Waals surface area (Å²) in [6, 6.07) is 10.3. The molecule has 0 bridgehead atoms. The van der Waals surface area contributed by atoms with Gasteiger partial charge in [0.1, 0.15) is 5.57 Å². The molecule has 1 heterocycles. The third kappa shape index (κ3) is 4.40. The second-order valence-electron chi connectivity index (χ2n) is 6.53. The number of fused-ring (bicyclic) bond motifs is 1. The molecule has 0 atom stereocenters. The molecule has 160 valence electrons. The molecule has 0 fully saturated rings. The smallest absolute Gasteiger partial charge is 0.416 e. The molecule has 6 nitrogen and oxygen atoms in total. The minimum Gasteiger partial charge on any atom is -0.462 e. The second-order valence-corrected chi connectivity index (χ2v) is 6.53. The number of Topliss-reactive ketones (excluding diaryl/α,β-unsaturated/α-hetero) is 1. The predicted octanol–water partition coefficient (Wildman–Crippen LogP) is 3.52. The van der Waals surface area contributed by atoms with E-state index >= 15 is 0 Å². The summed E-state index contributed by atoms with van der Waals surface area (Å²) in [5, 5.41) is 0. The van der Waals surface area contributed by atoms with Crippen LogP contribution in [-0.2, 0) is 20.5 Å². The standard InChI is InChI=1S/C22H16F3NO5/c1-2-31-21(30)16(11-13-7-3-6-10-17(13)22(23,24)25)18(27)12-26-19(28)14-8-4-5-9-15(14)20(26)29/h3-11H,2,12H2,1H3/b16-11+. The number of ketones is 1. The molecule has 0 aliphatic carbocycles. The van der Waals surface area contributed by atoms with Crippen molar-refractivity contribution >= 4 is 29.6 Å². The minimum absolute atomic E-state index is 0.101. The van der Waals surface area contributed by atoms with Gasteiger partial charge in [0.05, 0.1) is 29.8 Å². The number of hydrogen-bond acceptors (Lipinski definition) is 5. The summed E-state index contributed by atoms with van der Waals surface area (Å²) in [5.74, 6) is -3.63. The van der Waals surface area contributed by atoms with Crippen LogP contribution in [0.4, 0.5) is 13.2 Å². The summed E-state index contributed by atoms with van der Waals surface area (Å²) in [7, 11) is 0. The summed E-state index contributed by atoms with van der Waals surface area (Å²) < 4.78 is 44.7. The van der Waals surface area contributed by atoms with Crippen molar-refractivity contribution in [2.45, 2.75) is 13.1 Å². The number of rotatable bonds is 6. The fourth-order valence-corrected chi connectivity index (χ4v) is 3.11. The van der Waals surface area contributed by atoms with Crippen LogP contribution in [0, 0.1) is 0 Å². The highest BCUT2D eigenvalue weighted by molar-refractivity contribution is 6.26. The van der Waals surface area contributed by atoms with Crippen LogP contribution in [0.15, 0.2) is 54.1 Å². The maximum Gasteiger partial charge on any atom is 0.416 e. The van der Waals surface area contributed by atoms with Crippen molar-refractivity contribution in [2.75, 3.05) is 13.2 Å². The molecule has 0 saturated heterocycles. The van der Waals surface area contributed by atoms with Crippen LogP contribution in [0.2, 0.25) is 0 Å². The van der Waals surface area contributed by atoms with E-state index in [1.54, 1.807) is 12.1 Å². The van der Waals surface area contributed by atoms with E-state index < -0.39 is 53.0 Å². The van der Waals surface area contributed by atoms with Crippen LogP contribution in [-0.4, -0.2) is 41.6 Å². The average molecular weight is 431 g/mol. The fraction of sp³-hybridized carbons (Fsp3) is 0.182. The SMILES string of the molecule is CCOC(=O)/C(=C/c1ccccc1C(F)(F)F)C(=O)CN1C(=O)c2ccccc2C1=O. The van der Waals surface area contributed by atoms with Crippen LogP contribution in [0.3, 0.4) is 0 Å². The molecule has 31 heavy (non-hydrogen) atoms. The van der Waals surface area contributed by atoms with Crippen molar-refractivity contribution in [2.24, 2.45) is 0 Å². The zero-order valence-electron chi connectivity index (χ0n) is 16.2. The first-order valence-electron chi connectivity index (χ1n) is 9.18. The number of imide groups is 1.